The van der Waals surface area contributed by atoms with Crippen molar-refractivity contribution in [2.24, 2.45) is 0 Å². The minimum atomic E-state index is -0.0397. The Kier molecular flexibility index (Phi) is 4.22. The molecule has 2 aromatic rings. The number of hydrogen-bond donors (Lipinski definition) is 1. The lowest BCUT2D eigenvalue weighted by atomic mass is 10.0. The van der Waals surface area contributed by atoms with Gasteiger partial charge in [0.25, 0.3) is 0 Å². The van der Waals surface area contributed by atoms with Crippen molar-refractivity contribution < 1.29 is 9.21 Å². The first-order valence-corrected chi connectivity index (χ1v) is 7.99. The van der Waals surface area contributed by atoms with E-state index in [1.807, 2.05) is 42.2 Å². The Bertz CT molecular complexity index is 692. The average molecular weight is 313 g/mol. The van der Waals surface area contributed by atoms with Crippen LogP contribution in [0, 0.1) is 6.92 Å². The van der Waals surface area contributed by atoms with Gasteiger partial charge in [-0.05, 0) is 32.9 Å². The summed E-state index contributed by atoms with van der Waals surface area (Å²) in [6.07, 6.45) is 0.290. The molecule has 2 heterocycles. The van der Waals surface area contributed by atoms with Crippen LogP contribution in [-0.2, 0) is 11.2 Å². The van der Waals surface area contributed by atoms with Crippen molar-refractivity contribution in [1.82, 2.24) is 15.2 Å². The molecular weight excluding hydrogens is 290 g/mol. The van der Waals surface area contributed by atoms with Crippen LogP contribution in [0.4, 0.5) is 0 Å². The second kappa shape index (κ2) is 6.16. The van der Waals surface area contributed by atoms with Gasteiger partial charge in [0.2, 0.25) is 11.8 Å². The zero-order valence-electron chi connectivity index (χ0n) is 13.9. The average Bonchev–Trinajstić information content (AvgIpc) is 2.88. The molecule has 5 heteroatoms. The summed E-state index contributed by atoms with van der Waals surface area (Å²) >= 11 is 0. The number of hydrogen-bond acceptors (Lipinski definition) is 4. The largest absolute Gasteiger partial charge is 0.441 e. The molecule has 5 nitrogen and oxygen atoms in total. The standard InChI is InChI=1S/C18H23N3O2/c1-13-15(20-17(23-13)14-7-5-4-6-8-14)11-16(22)21-10-9-19-18(2,3)12-21/h4-8,19H,9-12H2,1-3H3. The predicted octanol–water partition coefficient (Wildman–Crippen LogP) is 2.40. The molecule has 0 radical (unpaired) electrons. The van der Waals surface area contributed by atoms with Crippen LogP contribution in [0.2, 0.25) is 0 Å². The highest BCUT2D eigenvalue weighted by molar-refractivity contribution is 5.79. The van der Waals surface area contributed by atoms with E-state index in [0.29, 0.717) is 18.2 Å². The number of nitrogens with zero attached hydrogens (tertiary/aromatic N) is 2. The molecule has 1 N–H and O–H groups in total. The zero-order chi connectivity index (χ0) is 16.4. The number of amides is 1. The fraction of sp³-hybridized carbons (Fsp3) is 0.444. The number of nitrogens with one attached hydrogen (secondary N) is 1. The van der Waals surface area contributed by atoms with Crippen LogP contribution in [0.5, 0.6) is 0 Å². The lowest BCUT2D eigenvalue weighted by molar-refractivity contribution is -0.132. The number of rotatable bonds is 3. The van der Waals surface area contributed by atoms with E-state index in [1.54, 1.807) is 0 Å². The normalized spacial score (nSPS) is 17.3. The Balaban J connectivity index is 1.73. The third-order valence-electron chi connectivity index (χ3n) is 4.16. The first kappa shape index (κ1) is 15.7. The second-order valence-corrected chi connectivity index (χ2v) is 6.69. The fourth-order valence-corrected chi connectivity index (χ4v) is 2.91. The lowest BCUT2D eigenvalue weighted by Gasteiger charge is -2.39. The summed E-state index contributed by atoms with van der Waals surface area (Å²) < 4.78 is 5.74. The first-order chi connectivity index (χ1) is 10.9. The SMILES string of the molecule is Cc1oc(-c2ccccc2)nc1CC(=O)N1CCNC(C)(C)C1. The van der Waals surface area contributed by atoms with Crippen LogP contribution in [-0.4, -0.2) is 41.0 Å². The van der Waals surface area contributed by atoms with E-state index in [9.17, 15) is 4.79 Å². The van der Waals surface area contributed by atoms with Crippen LogP contribution >= 0.6 is 0 Å². The molecule has 1 fully saturated rings. The Morgan fingerprint density at radius 1 is 1.35 bits per heavy atom. The van der Waals surface area contributed by atoms with Crippen LogP contribution in [0.3, 0.4) is 0 Å². The molecule has 1 aliphatic rings. The van der Waals surface area contributed by atoms with Crippen molar-refractivity contribution >= 4 is 5.91 Å². The number of aryl methyl sites for hydroxylation is 1. The van der Waals surface area contributed by atoms with E-state index in [2.05, 4.69) is 24.1 Å². The zero-order valence-corrected chi connectivity index (χ0v) is 13.9. The highest BCUT2D eigenvalue weighted by Gasteiger charge is 2.29. The molecule has 0 saturated carbocycles. The molecular formula is C18H23N3O2. The summed E-state index contributed by atoms with van der Waals surface area (Å²) in [5.74, 6) is 1.40. The number of aromatic nitrogens is 1. The van der Waals surface area contributed by atoms with Gasteiger partial charge in [-0.15, -0.1) is 0 Å². The molecule has 23 heavy (non-hydrogen) atoms. The van der Waals surface area contributed by atoms with Crippen molar-refractivity contribution in [2.75, 3.05) is 19.6 Å². The Morgan fingerprint density at radius 2 is 2.09 bits per heavy atom. The third kappa shape index (κ3) is 3.62. The van der Waals surface area contributed by atoms with Crippen LogP contribution < -0.4 is 5.32 Å². The molecule has 0 atom stereocenters. The van der Waals surface area contributed by atoms with Gasteiger partial charge in [0.15, 0.2) is 0 Å². The van der Waals surface area contributed by atoms with Gasteiger partial charge in [-0.2, -0.15) is 0 Å². The van der Waals surface area contributed by atoms with E-state index in [0.717, 1.165) is 24.3 Å². The molecule has 3 rings (SSSR count). The Morgan fingerprint density at radius 3 is 2.78 bits per heavy atom. The Hall–Kier alpha value is -2.14. The van der Waals surface area contributed by atoms with Gasteiger partial charge in [-0.3, -0.25) is 4.79 Å². The van der Waals surface area contributed by atoms with Crippen LogP contribution in [0.1, 0.15) is 25.3 Å². The summed E-state index contributed by atoms with van der Waals surface area (Å²) in [5.41, 5.74) is 1.62. The number of oxazole rings is 1. The quantitative estimate of drug-likeness (QED) is 0.945. The lowest BCUT2D eigenvalue weighted by Crippen LogP contribution is -2.58. The molecule has 0 aliphatic carbocycles. The minimum Gasteiger partial charge on any atom is -0.441 e. The molecule has 1 saturated heterocycles. The molecule has 0 spiro atoms. The highest BCUT2D eigenvalue weighted by atomic mass is 16.4. The molecule has 122 valence electrons. The predicted molar refractivity (Wildman–Crippen MR) is 89.0 cm³/mol. The summed E-state index contributed by atoms with van der Waals surface area (Å²) in [7, 11) is 0. The number of carbonyl (C=O) groups is 1. The van der Waals surface area contributed by atoms with E-state index in [-0.39, 0.29) is 17.9 Å². The maximum atomic E-state index is 12.6. The molecule has 1 amide bonds. The number of benzene rings is 1. The minimum absolute atomic E-state index is 0.0397. The van der Waals surface area contributed by atoms with E-state index >= 15 is 0 Å². The molecule has 1 aliphatic heterocycles. The number of piperazine rings is 1. The van der Waals surface area contributed by atoms with E-state index < -0.39 is 0 Å². The van der Waals surface area contributed by atoms with E-state index in [1.165, 1.54) is 0 Å². The van der Waals surface area contributed by atoms with Crippen molar-refractivity contribution in [3.8, 4) is 11.5 Å². The monoisotopic (exact) mass is 313 g/mol. The molecule has 0 bridgehead atoms. The van der Waals surface area contributed by atoms with Gasteiger partial charge < -0.3 is 14.6 Å². The van der Waals surface area contributed by atoms with Gasteiger partial charge in [0, 0.05) is 30.7 Å². The maximum Gasteiger partial charge on any atom is 0.228 e. The van der Waals surface area contributed by atoms with Crippen molar-refractivity contribution in [3.05, 3.63) is 41.8 Å². The second-order valence-electron chi connectivity index (χ2n) is 6.69. The summed E-state index contributed by atoms with van der Waals surface area (Å²) in [4.78, 5) is 19.0. The smallest absolute Gasteiger partial charge is 0.228 e. The molecule has 0 unspecified atom stereocenters. The summed E-state index contributed by atoms with van der Waals surface area (Å²) in [6, 6.07) is 9.76. The first-order valence-electron chi connectivity index (χ1n) is 7.99. The van der Waals surface area contributed by atoms with Gasteiger partial charge >= 0.3 is 0 Å². The maximum absolute atomic E-state index is 12.6. The van der Waals surface area contributed by atoms with Gasteiger partial charge in [-0.25, -0.2) is 4.98 Å². The Labute approximate surface area is 136 Å². The summed E-state index contributed by atoms with van der Waals surface area (Å²) in [5, 5.41) is 3.42. The van der Waals surface area contributed by atoms with Gasteiger partial charge in [0.1, 0.15) is 5.76 Å². The van der Waals surface area contributed by atoms with E-state index in [4.69, 9.17) is 4.42 Å². The fourth-order valence-electron chi connectivity index (χ4n) is 2.91. The van der Waals surface area contributed by atoms with Crippen molar-refractivity contribution in [2.45, 2.75) is 32.7 Å². The highest BCUT2D eigenvalue weighted by Crippen LogP contribution is 2.22. The van der Waals surface area contributed by atoms with Crippen molar-refractivity contribution in [1.29, 1.82) is 0 Å². The molecule has 1 aromatic carbocycles. The van der Waals surface area contributed by atoms with Crippen LogP contribution in [0.25, 0.3) is 11.5 Å². The van der Waals surface area contributed by atoms with Crippen LogP contribution in [0.15, 0.2) is 34.7 Å². The summed E-state index contributed by atoms with van der Waals surface area (Å²) in [6.45, 7) is 8.37. The third-order valence-corrected chi connectivity index (χ3v) is 4.16. The van der Waals surface area contributed by atoms with Gasteiger partial charge in [-0.1, -0.05) is 18.2 Å². The number of carbonyl (C=O) groups excluding carboxylic acids is 1. The van der Waals surface area contributed by atoms with Crippen molar-refractivity contribution in [3.63, 3.8) is 0 Å². The topological polar surface area (TPSA) is 58.4 Å². The molecule has 1 aromatic heterocycles. The van der Waals surface area contributed by atoms with Gasteiger partial charge in [0.05, 0.1) is 12.1 Å².